The molecule has 1 heterocycles. The SMILES string of the molecule is C#CC(=O)CC(NC(=O)C#C)C(=O)N[C@@H](C)C(=O)C[C@@H](C)C(=O)N(C)[C@@H](C(=O)N[C@H](C(=O)N(C)[C@@H]([C@@H](C)CC)[C@@H](CC(=O)N1CCC[C@H]1[C@H](OC)[C@@H](C)C(=O)N[C@@H](Cc1ccccc1)C(=O)OC)OC)C(C)C)C(C)C. The number of nitrogens with zero attached hydrogens (tertiary/aromatic N) is 3. The zero-order valence-corrected chi connectivity index (χ0v) is 46.9. The molecule has 20 heteroatoms. The number of ketones is 2. The summed E-state index contributed by atoms with van der Waals surface area (Å²) < 4.78 is 17.0. The second-order valence-corrected chi connectivity index (χ2v) is 20.5. The smallest absolute Gasteiger partial charge is 0.328 e. The van der Waals surface area contributed by atoms with E-state index in [2.05, 4.69) is 21.3 Å². The van der Waals surface area contributed by atoms with Crippen LogP contribution in [0, 0.1) is 54.3 Å². The van der Waals surface area contributed by atoms with Crippen LogP contribution in [-0.4, -0.2) is 170 Å². The van der Waals surface area contributed by atoms with Crippen molar-refractivity contribution in [2.24, 2.45) is 29.6 Å². The number of Topliss-reactive ketones (excluding diaryl/α,β-unsaturated/α-hetero) is 2. The molecule has 420 valence electrons. The fourth-order valence-electron chi connectivity index (χ4n) is 9.79. The fraction of sp³-hybridized carbons (Fsp3) is 0.643. The second kappa shape index (κ2) is 31.4. The van der Waals surface area contributed by atoms with Crippen LogP contribution in [0.2, 0.25) is 0 Å². The van der Waals surface area contributed by atoms with Gasteiger partial charge in [-0.25, -0.2) is 4.79 Å². The summed E-state index contributed by atoms with van der Waals surface area (Å²) in [4.78, 5) is 138. The summed E-state index contributed by atoms with van der Waals surface area (Å²) in [5.41, 5.74) is 0.832. The van der Waals surface area contributed by atoms with E-state index in [0.717, 1.165) is 5.56 Å². The number of esters is 1. The molecule has 1 aromatic carbocycles. The molecule has 4 N–H and O–H groups in total. The molecule has 0 radical (unpaired) electrons. The van der Waals surface area contributed by atoms with Gasteiger partial charge in [0.2, 0.25) is 41.2 Å². The van der Waals surface area contributed by atoms with E-state index >= 15 is 0 Å². The lowest BCUT2D eigenvalue weighted by molar-refractivity contribution is -0.149. The van der Waals surface area contributed by atoms with Gasteiger partial charge < -0.3 is 50.2 Å². The molecule has 1 aromatic rings. The van der Waals surface area contributed by atoms with Gasteiger partial charge in [0, 0.05) is 60.0 Å². The van der Waals surface area contributed by atoms with Crippen LogP contribution in [0.1, 0.15) is 106 Å². The molecule has 0 spiro atoms. The third-order valence-corrected chi connectivity index (χ3v) is 14.3. The first-order chi connectivity index (χ1) is 35.7. The van der Waals surface area contributed by atoms with Crippen molar-refractivity contribution in [3.63, 3.8) is 0 Å². The Morgan fingerprint density at radius 2 is 1.36 bits per heavy atom. The zero-order valence-electron chi connectivity index (χ0n) is 46.9. The van der Waals surface area contributed by atoms with Crippen LogP contribution < -0.4 is 21.3 Å². The van der Waals surface area contributed by atoms with Gasteiger partial charge in [-0.15, -0.1) is 12.8 Å². The molecular weight excluding hydrogens is 979 g/mol. The van der Waals surface area contributed by atoms with E-state index in [-0.39, 0.29) is 31.1 Å². The number of nitrogens with one attached hydrogen (secondary N) is 4. The van der Waals surface area contributed by atoms with Crippen molar-refractivity contribution in [3.05, 3.63) is 35.9 Å². The number of ether oxygens (including phenoxy) is 3. The van der Waals surface area contributed by atoms with Gasteiger partial charge >= 0.3 is 5.97 Å². The average Bonchev–Trinajstić information content (AvgIpc) is 3.88. The number of carbonyl (C=O) groups excluding carboxylic acids is 10. The zero-order chi connectivity index (χ0) is 57.7. The highest BCUT2D eigenvalue weighted by Gasteiger charge is 2.44. The van der Waals surface area contributed by atoms with Gasteiger partial charge in [0.05, 0.1) is 49.8 Å². The van der Waals surface area contributed by atoms with Crippen LogP contribution in [0.3, 0.4) is 0 Å². The van der Waals surface area contributed by atoms with Crippen LogP contribution in [0.5, 0.6) is 0 Å². The first-order valence-electron chi connectivity index (χ1n) is 26.0. The van der Waals surface area contributed by atoms with Crippen LogP contribution in [-0.2, 0) is 68.6 Å². The molecule has 12 atom stereocenters. The van der Waals surface area contributed by atoms with Crippen molar-refractivity contribution in [1.29, 1.82) is 0 Å². The maximum Gasteiger partial charge on any atom is 0.328 e. The Bertz CT molecular complexity index is 2250. The van der Waals surface area contributed by atoms with E-state index in [1.54, 1.807) is 52.5 Å². The van der Waals surface area contributed by atoms with Crippen LogP contribution in [0.15, 0.2) is 30.3 Å². The molecule has 7 amide bonds. The minimum Gasteiger partial charge on any atom is -0.467 e. The molecule has 1 aliphatic rings. The third kappa shape index (κ3) is 18.3. The highest BCUT2D eigenvalue weighted by molar-refractivity contribution is 6.03. The molecule has 0 saturated carbocycles. The highest BCUT2D eigenvalue weighted by Crippen LogP contribution is 2.30. The monoisotopic (exact) mass is 1060 g/mol. The number of hydrogen-bond donors (Lipinski definition) is 4. The topological polar surface area (TPSA) is 256 Å². The Morgan fingerprint density at radius 1 is 0.724 bits per heavy atom. The summed E-state index contributed by atoms with van der Waals surface area (Å²) in [5, 5.41) is 10.4. The van der Waals surface area contributed by atoms with E-state index in [0.29, 0.717) is 25.8 Å². The van der Waals surface area contributed by atoms with E-state index in [9.17, 15) is 47.9 Å². The first kappa shape index (κ1) is 65.5. The molecule has 1 fully saturated rings. The molecule has 2 rings (SSSR count). The molecule has 20 nitrogen and oxygen atoms in total. The number of methoxy groups -OCH3 is 3. The summed E-state index contributed by atoms with van der Waals surface area (Å²) in [6.45, 7) is 15.9. The van der Waals surface area contributed by atoms with E-state index in [1.165, 1.54) is 52.0 Å². The Hall–Kier alpha value is -6.64. The summed E-state index contributed by atoms with van der Waals surface area (Å²) in [6, 6.07) is 2.35. The number of amides is 7. The summed E-state index contributed by atoms with van der Waals surface area (Å²) in [6.07, 6.45) is 9.67. The number of benzene rings is 1. The predicted molar refractivity (Wildman–Crippen MR) is 284 cm³/mol. The molecular formula is C56H83N7O13. The highest BCUT2D eigenvalue weighted by atomic mass is 16.5. The number of likely N-dealkylation sites (N-methyl/N-ethyl adjacent to an activating group) is 2. The molecule has 0 bridgehead atoms. The van der Waals surface area contributed by atoms with E-state index in [4.69, 9.17) is 27.1 Å². The molecule has 0 aromatic heterocycles. The van der Waals surface area contributed by atoms with Gasteiger partial charge in [-0.2, -0.15) is 0 Å². The standard InChI is InChI=1S/C56H83N7O13/c1-17-34(8)49(44(74-14)31-46(67)63-27-23-26-42(63)50(75-15)36(10)51(68)59-41(56(73)76-16)29-38-24-21-20-22-25-38)62(13)55(72)47(32(4)5)60-53(70)48(33(6)7)61(12)54(71)35(9)28-43(65)37(11)57-52(69)40(30-39(64)18-2)58-45(66)19-3/h2-3,20-22,24-25,32-37,40-42,44,47-50H,17,23,26-31H2,1,4-16H3,(H,57,69)(H,58,66)(H,59,68)(H,60,70)/t34-,35+,36+,37-,40?,41-,42-,44+,47-,48+,49-,50+/m0/s1. The van der Waals surface area contributed by atoms with E-state index < -0.39 is 138 Å². The molecule has 1 unspecified atom stereocenters. The number of likely N-dealkylation sites (tertiary alicyclic amines) is 1. The summed E-state index contributed by atoms with van der Waals surface area (Å²) in [5.74, 6) is -5.34. The van der Waals surface area contributed by atoms with Crippen molar-refractivity contribution < 1.29 is 62.2 Å². The molecule has 0 aliphatic carbocycles. The van der Waals surface area contributed by atoms with Crippen LogP contribution in [0.25, 0.3) is 0 Å². The van der Waals surface area contributed by atoms with Crippen molar-refractivity contribution in [1.82, 2.24) is 36.0 Å². The van der Waals surface area contributed by atoms with Gasteiger partial charge in [0.15, 0.2) is 5.78 Å². The minimum atomic E-state index is -1.45. The van der Waals surface area contributed by atoms with Gasteiger partial charge in [-0.3, -0.25) is 43.2 Å². The minimum absolute atomic E-state index is 0.121. The van der Waals surface area contributed by atoms with Gasteiger partial charge in [0.1, 0.15) is 24.2 Å². The quantitative estimate of drug-likeness (QED) is 0.0491. The second-order valence-electron chi connectivity index (χ2n) is 20.5. The Morgan fingerprint density at radius 3 is 1.88 bits per heavy atom. The lowest BCUT2D eigenvalue weighted by atomic mass is 9.89. The van der Waals surface area contributed by atoms with Crippen molar-refractivity contribution in [2.75, 3.05) is 42.0 Å². The number of terminal acetylenes is 2. The van der Waals surface area contributed by atoms with Crippen molar-refractivity contribution in [2.45, 2.75) is 162 Å². The maximum atomic E-state index is 14.7. The molecule has 76 heavy (non-hydrogen) atoms. The van der Waals surface area contributed by atoms with Gasteiger partial charge in [-0.1, -0.05) is 92.1 Å². The first-order valence-corrected chi connectivity index (χ1v) is 26.0. The Balaban J connectivity index is 2.28. The number of carbonyl (C=O) groups is 10. The van der Waals surface area contributed by atoms with Gasteiger partial charge in [0.25, 0.3) is 5.91 Å². The van der Waals surface area contributed by atoms with Crippen molar-refractivity contribution in [3.8, 4) is 24.7 Å². The number of rotatable bonds is 30. The van der Waals surface area contributed by atoms with Gasteiger partial charge in [-0.05, 0) is 54.9 Å². The van der Waals surface area contributed by atoms with Crippen LogP contribution >= 0.6 is 0 Å². The number of hydrogen-bond acceptors (Lipinski definition) is 13. The predicted octanol–water partition coefficient (Wildman–Crippen LogP) is 2.24. The summed E-state index contributed by atoms with van der Waals surface area (Å²) in [7, 11) is 7.25. The van der Waals surface area contributed by atoms with Crippen LogP contribution in [0.4, 0.5) is 0 Å². The largest absolute Gasteiger partial charge is 0.467 e. The summed E-state index contributed by atoms with van der Waals surface area (Å²) >= 11 is 0. The Kier molecular flexibility index (Phi) is 27.1. The lowest BCUT2D eigenvalue weighted by Crippen LogP contribution is -2.60. The maximum absolute atomic E-state index is 14.7. The van der Waals surface area contributed by atoms with Crippen molar-refractivity contribution >= 4 is 58.9 Å². The van der Waals surface area contributed by atoms with E-state index in [1.807, 2.05) is 50.1 Å². The molecule has 1 saturated heterocycles. The Labute approximate surface area is 449 Å². The molecule has 1 aliphatic heterocycles. The third-order valence-electron chi connectivity index (χ3n) is 14.3. The lowest BCUT2D eigenvalue weighted by Gasteiger charge is -2.41. The normalized spacial score (nSPS) is 17.6. The average molecular weight is 1060 g/mol. The fourth-order valence-corrected chi connectivity index (χ4v) is 9.79.